The minimum Gasteiger partial charge on any atom is -0.384 e. The van der Waals surface area contributed by atoms with Gasteiger partial charge in [0.15, 0.2) is 5.16 Å². The van der Waals surface area contributed by atoms with E-state index in [4.69, 9.17) is 16.3 Å². The summed E-state index contributed by atoms with van der Waals surface area (Å²) in [6.45, 7) is 0.673. The van der Waals surface area contributed by atoms with Gasteiger partial charge in [-0.05, 0) is 29.8 Å². The Balaban J connectivity index is 1.94. The second-order valence-electron chi connectivity index (χ2n) is 5.21. The molecule has 124 valence electrons. The molecule has 3 rings (SSSR count). The van der Waals surface area contributed by atoms with Crippen molar-refractivity contribution in [3.8, 4) is 5.69 Å². The number of ether oxygens (including phenoxy) is 1. The van der Waals surface area contributed by atoms with Crippen molar-refractivity contribution in [1.82, 2.24) is 14.8 Å². The van der Waals surface area contributed by atoms with Crippen molar-refractivity contribution >= 4 is 23.4 Å². The summed E-state index contributed by atoms with van der Waals surface area (Å²) < 4.78 is 7.22. The lowest BCUT2D eigenvalue weighted by molar-refractivity contribution is 0.218. The highest BCUT2D eigenvalue weighted by Gasteiger charge is 2.14. The Morgan fingerprint density at radius 3 is 2.50 bits per heavy atom. The monoisotopic (exact) mass is 359 g/mol. The minimum atomic E-state index is 0.673. The van der Waals surface area contributed by atoms with E-state index >= 15 is 0 Å². The number of aromatic nitrogens is 3. The Morgan fingerprint density at radius 2 is 1.79 bits per heavy atom. The SMILES string of the molecule is COCCSc1nnc(Cc2ccccc2)n1-c1ccc(Cl)cc1. The fourth-order valence-corrected chi connectivity index (χ4v) is 3.35. The first-order chi connectivity index (χ1) is 11.8. The van der Waals surface area contributed by atoms with Crippen LogP contribution in [0, 0.1) is 0 Å². The Hall–Kier alpha value is -1.82. The summed E-state index contributed by atoms with van der Waals surface area (Å²) in [5, 5.41) is 10.4. The molecule has 2 aromatic carbocycles. The maximum Gasteiger partial charge on any atom is 0.195 e. The van der Waals surface area contributed by atoms with Crippen molar-refractivity contribution in [1.29, 1.82) is 0 Å². The van der Waals surface area contributed by atoms with E-state index in [-0.39, 0.29) is 0 Å². The van der Waals surface area contributed by atoms with Crippen LogP contribution in [0.4, 0.5) is 0 Å². The molecule has 0 aliphatic heterocycles. The van der Waals surface area contributed by atoms with Crippen LogP contribution >= 0.6 is 23.4 Å². The quantitative estimate of drug-likeness (QED) is 0.467. The fourth-order valence-electron chi connectivity index (χ4n) is 2.35. The number of halogens is 1. The molecule has 0 bridgehead atoms. The van der Waals surface area contributed by atoms with Crippen LogP contribution in [0.3, 0.4) is 0 Å². The lowest BCUT2D eigenvalue weighted by Crippen LogP contribution is -2.04. The lowest BCUT2D eigenvalue weighted by Gasteiger charge is -2.10. The van der Waals surface area contributed by atoms with Gasteiger partial charge in [0.2, 0.25) is 0 Å². The van der Waals surface area contributed by atoms with E-state index in [0.29, 0.717) is 11.6 Å². The van der Waals surface area contributed by atoms with Crippen molar-refractivity contribution in [2.45, 2.75) is 11.6 Å². The van der Waals surface area contributed by atoms with Gasteiger partial charge in [-0.2, -0.15) is 0 Å². The van der Waals surface area contributed by atoms with Gasteiger partial charge >= 0.3 is 0 Å². The smallest absolute Gasteiger partial charge is 0.195 e. The Labute approximate surface area is 150 Å². The summed E-state index contributed by atoms with van der Waals surface area (Å²) in [5.41, 5.74) is 2.21. The molecule has 0 saturated heterocycles. The molecule has 0 aliphatic rings. The number of methoxy groups -OCH3 is 1. The van der Waals surface area contributed by atoms with E-state index < -0.39 is 0 Å². The average molecular weight is 360 g/mol. The standard InChI is InChI=1S/C18H18ClN3OS/c1-23-11-12-24-18-21-20-17(13-14-5-3-2-4-6-14)22(18)16-9-7-15(19)8-10-16/h2-10H,11-13H2,1H3. The maximum atomic E-state index is 6.02. The molecule has 0 aliphatic carbocycles. The molecular weight excluding hydrogens is 342 g/mol. The largest absolute Gasteiger partial charge is 0.384 e. The summed E-state index contributed by atoms with van der Waals surface area (Å²) in [7, 11) is 1.70. The Kier molecular flexibility index (Phi) is 5.91. The third-order valence-corrected chi connectivity index (χ3v) is 4.65. The Morgan fingerprint density at radius 1 is 1.04 bits per heavy atom. The van der Waals surface area contributed by atoms with Gasteiger partial charge in [0.1, 0.15) is 5.82 Å². The fraction of sp³-hybridized carbons (Fsp3) is 0.222. The Bertz CT molecular complexity index is 775. The molecule has 0 unspecified atom stereocenters. The minimum absolute atomic E-state index is 0.673. The molecule has 0 saturated carbocycles. The average Bonchev–Trinajstić information content (AvgIpc) is 2.99. The summed E-state index contributed by atoms with van der Waals surface area (Å²) in [4.78, 5) is 0. The highest BCUT2D eigenvalue weighted by Crippen LogP contribution is 2.24. The van der Waals surface area contributed by atoms with Gasteiger partial charge in [-0.25, -0.2) is 0 Å². The molecule has 3 aromatic rings. The molecule has 0 fully saturated rings. The van der Waals surface area contributed by atoms with Crippen LogP contribution in [0.5, 0.6) is 0 Å². The van der Waals surface area contributed by atoms with Crippen LogP contribution in [-0.4, -0.2) is 34.2 Å². The van der Waals surface area contributed by atoms with Crippen molar-refractivity contribution in [2.24, 2.45) is 0 Å². The van der Waals surface area contributed by atoms with Gasteiger partial charge in [-0.3, -0.25) is 4.57 Å². The number of rotatable bonds is 7. The summed E-state index contributed by atoms with van der Waals surface area (Å²) >= 11 is 7.66. The van der Waals surface area contributed by atoms with E-state index in [9.17, 15) is 0 Å². The van der Waals surface area contributed by atoms with Gasteiger partial charge in [0, 0.05) is 30.0 Å². The summed E-state index contributed by atoms with van der Waals surface area (Å²) in [6, 6.07) is 18.0. The lowest BCUT2D eigenvalue weighted by atomic mass is 10.1. The predicted molar refractivity (Wildman–Crippen MR) is 98.2 cm³/mol. The van der Waals surface area contributed by atoms with Crippen LogP contribution in [0.25, 0.3) is 5.69 Å². The maximum absolute atomic E-state index is 6.02. The molecule has 0 radical (unpaired) electrons. The van der Waals surface area contributed by atoms with Gasteiger partial charge in [-0.15, -0.1) is 10.2 Å². The van der Waals surface area contributed by atoms with Crippen LogP contribution in [-0.2, 0) is 11.2 Å². The normalized spacial score (nSPS) is 10.9. The number of nitrogens with zero attached hydrogens (tertiary/aromatic N) is 3. The van der Waals surface area contributed by atoms with E-state index in [0.717, 1.165) is 28.8 Å². The third kappa shape index (κ3) is 4.17. The molecule has 6 heteroatoms. The number of benzene rings is 2. The van der Waals surface area contributed by atoms with E-state index in [1.807, 2.05) is 42.5 Å². The molecule has 24 heavy (non-hydrogen) atoms. The van der Waals surface area contributed by atoms with Gasteiger partial charge in [0.05, 0.1) is 6.61 Å². The second kappa shape index (κ2) is 8.33. The molecule has 4 nitrogen and oxygen atoms in total. The number of hydrogen-bond donors (Lipinski definition) is 0. The highest BCUT2D eigenvalue weighted by molar-refractivity contribution is 7.99. The molecule has 0 N–H and O–H groups in total. The molecule has 0 amide bonds. The summed E-state index contributed by atoms with van der Waals surface area (Å²) in [5.74, 6) is 1.73. The van der Waals surface area contributed by atoms with Gasteiger partial charge in [-0.1, -0.05) is 53.7 Å². The zero-order valence-corrected chi connectivity index (χ0v) is 14.9. The molecule has 1 aromatic heterocycles. The zero-order valence-electron chi connectivity index (χ0n) is 13.4. The second-order valence-corrected chi connectivity index (χ2v) is 6.71. The van der Waals surface area contributed by atoms with Crippen molar-refractivity contribution in [3.63, 3.8) is 0 Å². The van der Waals surface area contributed by atoms with E-state index in [2.05, 4.69) is 26.9 Å². The van der Waals surface area contributed by atoms with E-state index in [1.165, 1.54) is 5.56 Å². The summed E-state index contributed by atoms with van der Waals surface area (Å²) in [6.07, 6.45) is 0.724. The molecule has 0 atom stereocenters. The van der Waals surface area contributed by atoms with Gasteiger partial charge < -0.3 is 4.74 Å². The topological polar surface area (TPSA) is 39.9 Å². The number of hydrogen-bond acceptors (Lipinski definition) is 4. The van der Waals surface area contributed by atoms with Crippen LogP contribution in [0.15, 0.2) is 59.8 Å². The van der Waals surface area contributed by atoms with Gasteiger partial charge in [0.25, 0.3) is 0 Å². The van der Waals surface area contributed by atoms with Crippen LogP contribution in [0.1, 0.15) is 11.4 Å². The third-order valence-electron chi connectivity index (χ3n) is 3.51. The highest BCUT2D eigenvalue weighted by atomic mass is 35.5. The zero-order chi connectivity index (χ0) is 16.8. The first-order valence-electron chi connectivity index (χ1n) is 7.64. The molecular formula is C18H18ClN3OS. The molecule has 0 spiro atoms. The predicted octanol–water partition coefficient (Wildman–Crippen LogP) is 4.25. The van der Waals surface area contributed by atoms with Crippen molar-refractivity contribution < 1.29 is 4.74 Å². The van der Waals surface area contributed by atoms with Crippen LogP contribution in [0.2, 0.25) is 5.02 Å². The van der Waals surface area contributed by atoms with E-state index in [1.54, 1.807) is 18.9 Å². The molecule has 1 heterocycles. The van der Waals surface area contributed by atoms with Crippen molar-refractivity contribution in [3.05, 3.63) is 71.0 Å². The first-order valence-corrected chi connectivity index (χ1v) is 9.00. The number of thioether (sulfide) groups is 1. The van der Waals surface area contributed by atoms with Crippen LogP contribution < -0.4 is 0 Å². The first kappa shape index (κ1) is 17.0. The van der Waals surface area contributed by atoms with Crippen molar-refractivity contribution in [2.75, 3.05) is 19.5 Å².